The van der Waals surface area contributed by atoms with E-state index in [4.69, 9.17) is 5.73 Å². The van der Waals surface area contributed by atoms with Crippen molar-refractivity contribution in [3.63, 3.8) is 0 Å². The van der Waals surface area contributed by atoms with Gasteiger partial charge in [-0.3, -0.25) is 4.79 Å². The Labute approximate surface area is 99.5 Å². The third-order valence-corrected chi connectivity index (χ3v) is 4.11. The van der Waals surface area contributed by atoms with Crippen molar-refractivity contribution < 1.29 is 4.79 Å². The predicted octanol–water partition coefficient (Wildman–Crippen LogP) is 1.26. The van der Waals surface area contributed by atoms with E-state index >= 15 is 0 Å². The maximum Gasteiger partial charge on any atom is 0.266 e. The number of rotatable bonds is 2. The van der Waals surface area contributed by atoms with E-state index < -0.39 is 0 Å². The Balaban J connectivity index is 2.14. The zero-order valence-corrected chi connectivity index (χ0v) is 10.5. The van der Waals surface area contributed by atoms with Crippen LogP contribution in [0.5, 0.6) is 0 Å². The molecule has 1 aliphatic rings. The largest absolute Gasteiger partial charge is 0.335 e. The molecule has 2 atom stereocenters. The summed E-state index contributed by atoms with van der Waals surface area (Å²) in [6, 6.07) is 0.294. The number of hydrogen-bond donors (Lipinski definition) is 1. The van der Waals surface area contributed by atoms with Gasteiger partial charge in [0, 0.05) is 12.6 Å². The van der Waals surface area contributed by atoms with Gasteiger partial charge in [0.2, 0.25) is 0 Å². The SMILES string of the molecule is Cc1ncsc1C(=O)N1CC(CN)CC1C. The Morgan fingerprint density at radius 3 is 3.00 bits per heavy atom. The first-order valence-electron chi connectivity index (χ1n) is 5.54. The molecule has 0 aliphatic carbocycles. The molecule has 2 N–H and O–H groups in total. The minimum Gasteiger partial charge on any atom is -0.335 e. The van der Waals surface area contributed by atoms with Crippen LogP contribution in [0.3, 0.4) is 0 Å². The molecule has 88 valence electrons. The van der Waals surface area contributed by atoms with Gasteiger partial charge in [-0.25, -0.2) is 4.98 Å². The summed E-state index contributed by atoms with van der Waals surface area (Å²) in [7, 11) is 0. The smallest absolute Gasteiger partial charge is 0.266 e. The average Bonchev–Trinajstić information content (AvgIpc) is 2.83. The summed E-state index contributed by atoms with van der Waals surface area (Å²) in [6.07, 6.45) is 1.01. The number of aromatic nitrogens is 1. The molecular weight excluding hydrogens is 222 g/mol. The zero-order valence-electron chi connectivity index (χ0n) is 9.64. The molecule has 1 amide bonds. The van der Waals surface area contributed by atoms with Crippen LogP contribution >= 0.6 is 11.3 Å². The maximum absolute atomic E-state index is 12.3. The highest BCUT2D eigenvalue weighted by Gasteiger charge is 2.33. The normalized spacial score (nSPS) is 25.1. The van der Waals surface area contributed by atoms with E-state index in [-0.39, 0.29) is 5.91 Å². The molecule has 1 aromatic heterocycles. The number of carbonyl (C=O) groups excluding carboxylic acids is 1. The van der Waals surface area contributed by atoms with Crippen molar-refractivity contribution in [2.75, 3.05) is 13.1 Å². The van der Waals surface area contributed by atoms with Crippen molar-refractivity contribution in [2.45, 2.75) is 26.3 Å². The maximum atomic E-state index is 12.3. The lowest BCUT2D eigenvalue weighted by Gasteiger charge is -2.20. The third-order valence-electron chi connectivity index (χ3n) is 3.20. The van der Waals surface area contributed by atoms with Gasteiger partial charge in [-0.2, -0.15) is 0 Å². The van der Waals surface area contributed by atoms with Crippen molar-refractivity contribution in [1.29, 1.82) is 0 Å². The predicted molar refractivity (Wildman–Crippen MR) is 64.5 cm³/mol. The number of thiazole rings is 1. The molecule has 0 bridgehead atoms. The highest BCUT2D eigenvalue weighted by molar-refractivity contribution is 7.11. The van der Waals surface area contributed by atoms with Crippen LogP contribution < -0.4 is 5.73 Å². The Kier molecular flexibility index (Phi) is 3.25. The van der Waals surface area contributed by atoms with Crippen molar-refractivity contribution >= 4 is 17.2 Å². The van der Waals surface area contributed by atoms with Crippen LogP contribution in [0.2, 0.25) is 0 Å². The molecule has 0 spiro atoms. The van der Waals surface area contributed by atoms with E-state index in [0.29, 0.717) is 18.5 Å². The molecule has 5 heteroatoms. The number of nitrogens with two attached hydrogens (primary N) is 1. The summed E-state index contributed by atoms with van der Waals surface area (Å²) in [6.45, 7) is 5.42. The Morgan fingerprint density at radius 2 is 2.50 bits per heavy atom. The van der Waals surface area contributed by atoms with Crippen LogP contribution in [-0.2, 0) is 0 Å². The first kappa shape index (κ1) is 11.5. The number of carbonyl (C=O) groups is 1. The number of hydrogen-bond acceptors (Lipinski definition) is 4. The molecule has 4 nitrogen and oxygen atoms in total. The van der Waals surface area contributed by atoms with E-state index in [0.717, 1.165) is 23.5 Å². The fourth-order valence-corrected chi connectivity index (χ4v) is 2.99. The van der Waals surface area contributed by atoms with Crippen LogP contribution in [-0.4, -0.2) is 34.9 Å². The van der Waals surface area contributed by atoms with Gasteiger partial charge in [-0.05, 0) is 32.7 Å². The lowest BCUT2D eigenvalue weighted by atomic mass is 10.1. The molecule has 2 unspecified atom stereocenters. The standard InChI is InChI=1S/C11H17N3OS/c1-7-3-9(4-12)5-14(7)11(15)10-8(2)13-6-16-10/h6-7,9H,3-5,12H2,1-2H3. The molecule has 0 aromatic carbocycles. The summed E-state index contributed by atoms with van der Waals surface area (Å²) in [5.41, 5.74) is 8.22. The van der Waals surface area contributed by atoms with Crippen LogP contribution in [0.15, 0.2) is 5.51 Å². The fraction of sp³-hybridized carbons (Fsp3) is 0.636. The van der Waals surface area contributed by atoms with Crippen molar-refractivity contribution in [2.24, 2.45) is 11.7 Å². The number of aryl methyl sites for hydroxylation is 1. The zero-order chi connectivity index (χ0) is 11.7. The van der Waals surface area contributed by atoms with Gasteiger partial charge >= 0.3 is 0 Å². The summed E-state index contributed by atoms with van der Waals surface area (Å²) in [4.78, 5) is 19.1. The van der Waals surface area contributed by atoms with Gasteiger partial charge in [-0.1, -0.05) is 0 Å². The van der Waals surface area contributed by atoms with Gasteiger partial charge in [0.05, 0.1) is 11.2 Å². The Hall–Kier alpha value is -0.940. The Bertz CT molecular complexity index is 390. The molecule has 0 saturated carbocycles. The molecule has 2 rings (SSSR count). The number of likely N-dealkylation sites (tertiary alicyclic amines) is 1. The minimum atomic E-state index is 0.114. The minimum absolute atomic E-state index is 0.114. The van der Waals surface area contributed by atoms with Crippen LogP contribution in [0.1, 0.15) is 28.7 Å². The quantitative estimate of drug-likeness (QED) is 0.845. The lowest BCUT2D eigenvalue weighted by molar-refractivity contribution is 0.0747. The van der Waals surface area contributed by atoms with E-state index in [1.54, 1.807) is 5.51 Å². The molecule has 1 aromatic rings. The van der Waals surface area contributed by atoms with Crippen molar-refractivity contribution in [1.82, 2.24) is 9.88 Å². The van der Waals surface area contributed by atoms with Crippen LogP contribution in [0.25, 0.3) is 0 Å². The van der Waals surface area contributed by atoms with Crippen molar-refractivity contribution in [3.05, 3.63) is 16.1 Å². The molecule has 2 heterocycles. The highest BCUT2D eigenvalue weighted by Crippen LogP contribution is 2.26. The van der Waals surface area contributed by atoms with E-state index in [1.807, 2.05) is 11.8 Å². The molecule has 16 heavy (non-hydrogen) atoms. The summed E-state index contributed by atoms with van der Waals surface area (Å²) in [5, 5.41) is 0. The molecule has 1 fully saturated rings. The monoisotopic (exact) mass is 239 g/mol. The van der Waals surface area contributed by atoms with Crippen LogP contribution in [0, 0.1) is 12.8 Å². The Morgan fingerprint density at radius 1 is 1.75 bits per heavy atom. The second kappa shape index (κ2) is 4.51. The first-order chi connectivity index (χ1) is 7.63. The fourth-order valence-electron chi connectivity index (χ4n) is 2.23. The second-order valence-corrected chi connectivity index (χ2v) is 5.27. The van der Waals surface area contributed by atoms with Gasteiger partial charge in [0.15, 0.2) is 0 Å². The van der Waals surface area contributed by atoms with Gasteiger partial charge in [0.1, 0.15) is 4.88 Å². The summed E-state index contributed by atoms with van der Waals surface area (Å²) in [5.74, 6) is 0.565. The third kappa shape index (κ3) is 1.97. The van der Waals surface area contributed by atoms with E-state index in [2.05, 4.69) is 11.9 Å². The first-order valence-corrected chi connectivity index (χ1v) is 6.42. The topological polar surface area (TPSA) is 59.2 Å². The molecular formula is C11H17N3OS. The van der Waals surface area contributed by atoms with Gasteiger partial charge < -0.3 is 10.6 Å². The number of amides is 1. The van der Waals surface area contributed by atoms with E-state index in [9.17, 15) is 4.79 Å². The van der Waals surface area contributed by atoms with Gasteiger partial charge in [0.25, 0.3) is 5.91 Å². The van der Waals surface area contributed by atoms with Crippen LogP contribution in [0.4, 0.5) is 0 Å². The van der Waals surface area contributed by atoms with E-state index in [1.165, 1.54) is 11.3 Å². The average molecular weight is 239 g/mol. The highest BCUT2D eigenvalue weighted by atomic mass is 32.1. The summed E-state index contributed by atoms with van der Waals surface area (Å²) < 4.78 is 0. The molecule has 1 saturated heterocycles. The summed E-state index contributed by atoms with van der Waals surface area (Å²) >= 11 is 1.42. The van der Waals surface area contributed by atoms with Gasteiger partial charge in [-0.15, -0.1) is 11.3 Å². The molecule has 1 aliphatic heterocycles. The van der Waals surface area contributed by atoms with Crippen molar-refractivity contribution in [3.8, 4) is 0 Å². The lowest BCUT2D eigenvalue weighted by Crippen LogP contribution is -2.34. The second-order valence-electron chi connectivity index (χ2n) is 4.41. The number of nitrogens with zero attached hydrogens (tertiary/aromatic N) is 2. The molecule has 0 radical (unpaired) electrons.